The Morgan fingerprint density at radius 3 is 2.41 bits per heavy atom. The van der Waals surface area contributed by atoms with Gasteiger partial charge in [-0.2, -0.15) is 5.26 Å². The van der Waals surface area contributed by atoms with E-state index < -0.39 is 0 Å². The molecule has 0 heterocycles. The minimum absolute atomic E-state index is 0.629. The number of hydrogen-bond acceptors (Lipinski definition) is 1. The molecule has 0 fully saturated rings. The van der Waals surface area contributed by atoms with Crippen LogP contribution in [0, 0.1) is 11.3 Å². The van der Waals surface area contributed by atoms with Gasteiger partial charge >= 0.3 is 0 Å². The van der Waals surface area contributed by atoms with E-state index in [1.165, 1.54) is 5.56 Å². The third kappa shape index (κ3) is 2.49. The lowest BCUT2D eigenvalue weighted by Crippen LogP contribution is -1.84. The van der Waals surface area contributed by atoms with Crippen molar-refractivity contribution in [2.75, 3.05) is 0 Å². The van der Waals surface area contributed by atoms with Crippen LogP contribution in [0.3, 0.4) is 0 Å². The average molecular weight is 242 g/mol. The molecule has 17 heavy (non-hydrogen) atoms. The van der Waals surface area contributed by atoms with Gasteiger partial charge in [-0.05, 0) is 35.7 Å². The summed E-state index contributed by atoms with van der Waals surface area (Å²) in [6.45, 7) is 2.12. The monoisotopic (exact) mass is 241 g/mol. The molecule has 0 atom stereocenters. The zero-order chi connectivity index (χ0) is 12.3. The second-order valence-corrected chi connectivity index (χ2v) is 4.26. The smallest absolute Gasteiger partial charge is 0.0991 e. The Balaban J connectivity index is 2.48. The third-order valence-electron chi connectivity index (χ3n) is 2.77. The van der Waals surface area contributed by atoms with Gasteiger partial charge in [-0.1, -0.05) is 42.8 Å². The topological polar surface area (TPSA) is 23.8 Å². The first-order valence-corrected chi connectivity index (χ1v) is 5.91. The number of nitrogens with zero attached hydrogens (tertiary/aromatic N) is 1. The summed E-state index contributed by atoms with van der Waals surface area (Å²) in [7, 11) is 0. The number of rotatable bonds is 2. The van der Waals surface area contributed by atoms with E-state index in [0.29, 0.717) is 10.6 Å². The fourth-order valence-electron chi connectivity index (χ4n) is 1.74. The van der Waals surface area contributed by atoms with E-state index in [-0.39, 0.29) is 0 Å². The molecule has 0 aromatic heterocycles. The highest BCUT2D eigenvalue weighted by molar-refractivity contribution is 6.33. The van der Waals surface area contributed by atoms with Gasteiger partial charge in [-0.25, -0.2) is 0 Å². The molecule has 0 aliphatic heterocycles. The second kappa shape index (κ2) is 5.03. The normalized spacial score (nSPS) is 9.94. The summed E-state index contributed by atoms with van der Waals surface area (Å²) in [4.78, 5) is 0. The first-order chi connectivity index (χ1) is 8.24. The molecule has 0 aliphatic rings. The van der Waals surface area contributed by atoms with Crippen LogP contribution in [-0.4, -0.2) is 0 Å². The van der Waals surface area contributed by atoms with Crippen molar-refractivity contribution in [1.29, 1.82) is 5.26 Å². The van der Waals surface area contributed by atoms with E-state index >= 15 is 0 Å². The van der Waals surface area contributed by atoms with Crippen molar-refractivity contribution in [1.82, 2.24) is 0 Å². The fourth-order valence-corrected chi connectivity index (χ4v) is 1.96. The molecule has 0 radical (unpaired) electrons. The maximum atomic E-state index is 8.89. The predicted octanol–water partition coefficient (Wildman–Crippen LogP) is 4.44. The molecule has 0 aliphatic carbocycles. The van der Waals surface area contributed by atoms with Crippen LogP contribution in [-0.2, 0) is 6.42 Å². The Kier molecular flexibility index (Phi) is 3.46. The van der Waals surface area contributed by atoms with Gasteiger partial charge in [0.05, 0.1) is 11.6 Å². The Labute approximate surface area is 106 Å². The van der Waals surface area contributed by atoms with Crippen LogP contribution in [0.15, 0.2) is 42.5 Å². The van der Waals surface area contributed by atoms with E-state index in [9.17, 15) is 0 Å². The second-order valence-electron chi connectivity index (χ2n) is 3.86. The Hall–Kier alpha value is -1.78. The quantitative estimate of drug-likeness (QED) is 0.763. The van der Waals surface area contributed by atoms with Crippen LogP contribution < -0.4 is 0 Å². The number of nitriles is 1. The fraction of sp³-hybridized carbons (Fsp3) is 0.133. The van der Waals surface area contributed by atoms with Crippen LogP contribution in [0.4, 0.5) is 0 Å². The summed E-state index contributed by atoms with van der Waals surface area (Å²) in [5.41, 5.74) is 3.88. The number of benzene rings is 2. The molecule has 1 nitrogen and oxygen atoms in total. The average Bonchev–Trinajstić information content (AvgIpc) is 2.39. The molecule has 0 amide bonds. The highest BCUT2D eigenvalue weighted by atomic mass is 35.5. The molecule has 2 rings (SSSR count). The van der Waals surface area contributed by atoms with E-state index in [1.807, 2.05) is 18.2 Å². The molecular weight excluding hydrogens is 230 g/mol. The predicted molar refractivity (Wildman–Crippen MR) is 71.0 cm³/mol. The number of halogens is 1. The Bertz CT molecular complexity index is 564. The summed E-state index contributed by atoms with van der Waals surface area (Å²) >= 11 is 6.15. The minimum atomic E-state index is 0.629. The summed E-state index contributed by atoms with van der Waals surface area (Å²) < 4.78 is 0. The maximum absolute atomic E-state index is 8.89. The van der Waals surface area contributed by atoms with E-state index in [2.05, 4.69) is 25.1 Å². The number of aryl methyl sites for hydroxylation is 1. The SMILES string of the molecule is CCc1ccc(-c2cc(C#N)ccc2Cl)cc1. The summed E-state index contributed by atoms with van der Waals surface area (Å²) in [5.74, 6) is 0. The van der Waals surface area contributed by atoms with Crippen LogP contribution in [0.5, 0.6) is 0 Å². The minimum Gasteiger partial charge on any atom is -0.192 e. The molecule has 2 aromatic rings. The lowest BCUT2D eigenvalue weighted by atomic mass is 10.0. The van der Waals surface area contributed by atoms with Crippen molar-refractivity contribution in [2.24, 2.45) is 0 Å². The molecule has 2 heteroatoms. The largest absolute Gasteiger partial charge is 0.192 e. The molecule has 0 N–H and O–H groups in total. The van der Waals surface area contributed by atoms with E-state index in [0.717, 1.165) is 17.5 Å². The lowest BCUT2D eigenvalue weighted by Gasteiger charge is -2.06. The van der Waals surface area contributed by atoms with Crippen molar-refractivity contribution in [3.05, 3.63) is 58.6 Å². The van der Waals surface area contributed by atoms with E-state index in [4.69, 9.17) is 16.9 Å². The van der Waals surface area contributed by atoms with Gasteiger partial charge in [0, 0.05) is 10.6 Å². The molecular formula is C15H12ClN. The zero-order valence-corrected chi connectivity index (χ0v) is 10.3. The first kappa shape index (κ1) is 11.7. The molecule has 2 aromatic carbocycles. The molecule has 0 saturated heterocycles. The van der Waals surface area contributed by atoms with Crippen molar-refractivity contribution in [3.63, 3.8) is 0 Å². The molecule has 84 valence electrons. The van der Waals surface area contributed by atoms with Gasteiger partial charge in [0.15, 0.2) is 0 Å². The van der Waals surface area contributed by atoms with Crippen LogP contribution in [0.2, 0.25) is 5.02 Å². The molecule has 0 bridgehead atoms. The highest BCUT2D eigenvalue weighted by Gasteiger charge is 2.04. The molecule has 0 saturated carbocycles. The lowest BCUT2D eigenvalue weighted by molar-refractivity contribution is 1.14. The Morgan fingerprint density at radius 2 is 1.82 bits per heavy atom. The zero-order valence-electron chi connectivity index (χ0n) is 9.57. The van der Waals surface area contributed by atoms with Crippen molar-refractivity contribution in [3.8, 4) is 17.2 Å². The first-order valence-electron chi connectivity index (χ1n) is 5.53. The summed E-state index contributed by atoms with van der Waals surface area (Å²) in [5, 5.41) is 9.56. The highest BCUT2D eigenvalue weighted by Crippen LogP contribution is 2.29. The van der Waals surface area contributed by atoms with Crippen molar-refractivity contribution in [2.45, 2.75) is 13.3 Å². The van der Waals surface area contributed by atoms with Crippen LogP contribution in [0.25, 0.3) is 11.1 Å². The van der Waals surface area contributed by atoms with Crippen molar-refractivity contribution < 1.29 is 0 Å². The van der Waals surface area contributed by atoms with Gasteiger partial charge in [0.2, 0.25) is 0 Å². The standard InChI is InChI=1S/C15H12ClN/c1-2-11-3-6-13(7-4-11)14-9-12(10-17)5-8-15(14)16/h3-9H,2H2,1H3. The van der Waals surface area contributed by atoms with Crippen molar-refractivity contribution >= 4 is 11.6 Å². The van der Waals surface area contributed by atoms with Gasteiger partial charge in [0.1, 0.15) is 0 Å². The third-order valence-corrected chi connectivity index (χ3v) is 3.10. The Morgan fingerprint density at radius 1 is 1.12 bits per heavy atom. The summed E-state index contributed by atoms with van der Waals surface area (Å²) in [6, 6.07) is 15.7. The molecule has 0 unspecified atom stereocenters. The van der Waals surface area contributed by atoms with Crippen LogP contribution >= 0.6 is 11.6 Å². The van der Waals surface area contributed by atoms with Gasteiger partial charge in [-0.3, -0.25) is 0 Å². The van der Waals surface area contributed by atoms with Gasteiger partial charge in [-0.15, -0.1) is 0 Å². The number of hydrogen-bond donors (Lipinski definition) is 0. The van der Waals surface area contributed by atoms with Gasteiger partial charge < -0.3 is 0 Å². The maximum Gasteiger partial charge on any atom is 0.0991 e. The van der Waals surface area contributed by atoms with Gasteiger partial charge in [0.25, 0.3) is 0 Å². The van der Waals surface area contributed by atoms with Crippen LogP contribution in [0.1, 0.15) is 18.1 Å². The summed E-state index contributed by atoms with van der Waals surface area (Å²) in [6.07, 6.45) is 1.02. The molecule has 0 spiro atoms. The van der Waals surface area contributed by atoms with E-state index in [1.54, 1.807) is 12.1 Å².